The van der Waals surface area contributed by atoms with Crippen molar-refractivity contribution in [3.05, 3.63) is 0 Å². The smallest absolute Gasteiger partial charge is 0.164 e. The first kappa shape index (κ1) is 10.2. The molecule has 10 heavy (non-hydrogen) atoms. The topological polar surface area (TPSA) is 9.23 Å². The van der Waals surface area contributed by atoms with Crippen molar-refractivity contribution >= 4 is 9.76 Å². The third-order valence-electron chi connectivity index (χ3n) is 1.82. The summed E-state index contributed by atoms with van der Waals surface area (Å²) in [6.45, 7) is 8.75. The van der Waals surface area contributed by atoms with Gasteiger partial charge in [0.25, 0.3) is 0 Å². The molecule has 1 nitrogen and oxygen atoms in total. The van der Waals surface area contributed by atoms with E-state index in [1.165, 1.54) is 12.8 Å². The number of hydrogen-bond acceptors (Lipinski definition) is 1. The Morgan fingerprint density at radius 1 is 1.20 bits per heavy atom. The van der Waals surface area contributed by atoms with Gasteiger partial charge in [-0.25, -0.2) is 0 Å². The van der Waals surface area contributed by atoms with E-state index in [0.29, 0.717) is 6.10 Å². The molecule has 2 heteroatoms. The van der Waals surface area contributed by atoms with Crippen molar-refractivity contribution in [2.45, 2.75) is 52.2 Å². The zero-order valence-electron chi connectivity index (χ0n) is 7.68. The van der Waals surface area contributed by atoms with E-state index < -0.39 is 0 Å². The maximum absolute atomic E-state index is 5.62. The molecule has 62 valence electrons. The van der Waals surface area contributed by atoms with E-state index in [1.807, 2.05) is 0 Å². The second kappa shape index (κ2) is 5.92. The molecule has 0 aliphatic carbocycles. The van der Waals surface area contributed by atoms with Crippen LogP contribution in [0, 0.1) is 0 Å². The lowest BCUT2D eigenvalue weighted by Crippen LogP contribution is -2.12. The van der Waals surface area contributed by atoms with Crippen LogP contribution in [0.1, 0.15) is 40.5 Å². The summed E-state index contributed by atoms with van der Waals surface area (Å²) in [5, 5.41) is 0. The van der Waals surface area contributed by atoms with Crippen molar-refractivity contribution in [2.75, 3.05) is 0 Å². The molecule has 0 saturated heterocycles. The van der Waals surface area contributed by atoms with Crippen LogP contribution >= 0.6 is 0 Å². The lowest BCUT2D eigenvalue weighted by Gasteiger charge is -2.13. The Morgan fingerprint density at radius 2 is 1.70 bits per heavy atom. The van der Waals surface area contributed by atoms with Gasteiger partial charge >= 0.3 is 0 Å². The van der Waals surface area contributed by atoms with E-state index in [2.05, 4.69) is 27.7 Å². The second-order valence-corrected chi connectivity index (χ2v) is 4.89. The van der Waals surface area contributed by atoms with Crippen LogP contribution in [0.4, 0.5) is 0 Å². The third kappa shape index (κ3) is 5.00. The summed E-state index contributed by atoms with van der Waals surface area (Å²) in [5.41, 5.74) is 0.905. The van der Waals surface area contributed by atoms with Crippen LogP contribution in [0.2, 0.25) is 5.54 Å². The Balaban J connectivity index is 3.26. The summed E-state index contributed by atoms with van der Waals surface area (Å²) in [4.78, 5) is 0. The fraction of sp³-hybridized carbons (Fsp3) is 1.00. The van der Waals surface area contributed by atoms with Crippen LogP contribution in [-0.2, 0) is 4.43 Å². The van der Waals surface area contributed by atoms with E-state index >= 15 is 0 Å². The minimum atomic E-state index is -0.222. The first-order chi connectivity index (χ1) is 4.70. The van der Waals surface area contributed by atoms with Crippen molar-refractivity contribution in [2.24, 2.45) is 0 Å². The SMILES string of the molecule is CCC(CC)[SiH2]OC(C)C. The quantitative estimate of drug-likeness (QED) is 0.560. The highest BCUT2D eigenvalue weighted by Crippen LogP contribution is 2.13. The van der Waals surface area contributed by atoms with Crippen LogP contribution in [0.5, 0.6) is 0 Å². The Kier molecular flexibility index (Phi) is 6.03. The zero-order chi connectivity index (χ0) is 7.98. The second-order valence-electron chi connectivity index (χ2n) is 3.06. The molecule has 0 atom stereocenters. The number of rotatable bonds is 5. The molecule has 0 amide bonds. The fourth-order valence-corrected chi connectivity index (χ4v) is 1.98. The molecule has 0 bridgehead atoms. The average Bonchev–Trinajstić information content (AvgIpc) is 1.90. The molecule has 0 aromatic heterocycles. The standard InChI is InChI=1S/C8H20OSi/c1-5-8(6-2)10-9-7(3)4/h7-8H,5-6,10H2,1-4H3. The molecule has 0 aromatic carbocycles. The third-order valence-corrected chi connectivity index (χ3v) is 4.31. The molecular weight excluding hydrogens is 140 g/mol. The first-order valence-electron chi connectivity index (χ1n) is 4.32. The van der Waals surface area contributed by atoms with Crippen molar-refractivity contribution < 1.29 is 4.43 Å². The minimum Gasteiger partial charge on any atom is -0.421 e. The van der Waals surface area contributed by atoms with Gasteiger partial charge in [-0.15, -0.1) is 0 Å². The molecule has 0 unspecified atom stereocenters. The molecule has 0 spiro atoms. The normalized spacial score (nSPS) is 12.6. The van der Waals surface area contributed by atoms with Gasteiger partial charge in [-0.3, -0.25) is 0 Å². The van der Waals surface area contributed by atoms with E-state index in [-0.39, 0.29) is 9.76 Å². The van der Waals surface area contributed by atoms with Crippen LogP contribution in [-0.4, -0.2) is 15.9 Å². The molecule has 0 aromatic rings. The van der Waals surface area contributed by atoms with Gasteiger partial charge in [-0.2, -0.15) is 0 Å². The van der Waals surface area contributed by atoms with Gasteiger partial charge in [0.2, 0.25) is 0 Å². The molecule has 0 aliphatic heterocycles. The Bertz CT molecular complexity index is 69.7. The summed E-state index contributed by atoms with van der Waals surface area (Å²) in [7, 11) is -0.222. The highest BCUT2D eigenvalue weighted by atomic mass is 28.2. The Morgan fingerprint density at radius 3 is 2.00 bits per heavy atom. The van der Waals surface area contributed by atoms with Gasteiger partial charge in [-0.05, 0) is 19.4 Å². The molecule has 0 fully saturated rings. The molecule has 0 radical (unpaired) electrons. The largest absolute Gasteiger partial charge is 0.421 e. The van der Waals surface area contributed by atoms with Gasteiger partial charge in [-0.1, -0.05) is 26.7 Å². The van der Waals surface area contributed by atoms with Crippen molar-refractivity contribution in [1.82, 2.24) is 0 Å². The highest BCUT2D eigenvalue weighted by Gasteiger charge is 2.04. The van der Waals surface area contributed by atoms with E-state index in [0.717, 1.165) is 5.54 Å². The van der Waals surface area contributed by atoms with Crippen LogP contribution in [0.3, 0.4) is 0 Å². The highest BCUT2D eigenvalue weighted by molar-refractivity contribution is 6.29. The van der Waals surface area contributed by atoms with Gasteiger partial charge in [0.15, 0.2) is 9.76 Å². The first-order valence-corrected chi connectivity index (χ1v) is 5.71. The van der Waals surface area contributed by atoms with Crippen molar-refractivity contribution in [3.63, 3.8) is 0 Å². The predicted octanol–water partition coefficient (Wildman–Crippen LogP) is 2.10. The maximum atomic E-state index is 5.62. The van der Waals surface area contributed by atoms with Crippen molar-refractivity contribution in [1.29, 1.82) is 0 Å². The minimum absolute atomic E-state index is 0.222. The maximum Gasteiger partial charge on any atom is 0.164 e. The van der Waals surface area contributed by atoms with E-state index in [4.69, 9.17) is 4.43 Å². The molecule has 0 saturated carbocycles. The summed E-state index contributed by atoms with van der Waals surface area (Å²) in [6, 6.07) is 0. The van der Waals surface area contributed by atoms with Crippen LogP contribution in [0.25, 0.3) is 0 Å². The Labute approximate surface area is 67.1 Å². The summed E-state index contributed by atoms with van der Waals surface area (Å²) >= 11 is 0. The van der Waals surface area contributed by atoms with Crippen LogP contribution in [0.15, 0.2) is 0 Å². The molecule has 0 heterocycles. The van der Waals surface area contributed by atoms with Gasteiger partial charge < -0.3 is 4.43 Å². The van der Waals surface area contributed by atoms with E-state index in [9.17, 15) is 0 Å². The van der Waals surface area contributed by atoms with Gasteiger partial charge in [0.05, 0.1) is 0 Å². The van der Waals surface area contributed by atoms with Crippen LogP contribution < -0.4 is 0 Å². The van der Waals surface area contributed by atoms with E-state index in [1.54, 1.807) is 0 Å². The lowest BCUT2D eigenvalue weighted by atomic mass is 10.3. The van der Waals surface area contributed by atoms with Gasteiger partial charge in [0, 0.05) is 6.10 Å². The fourth-order valence-electron chi connectivity index (χ4n) is 0.853. The molecular formula is C8H20OSi. The molecule has 0 rings (SSSR count). The Hall–Kier alpha value is 0.177. The lowest BCUT2D eigenvalue weighted by molar-refractivity contribution is 0.249. The molecule has 0 aliphatic rings. The summed E-state index contributed by atoms with van der Waals surface area (Å²) < 4.78 is 5.62. The average molecular weight is 160 g/mol. The monoisotopic (exact) mass is 160 g/mol. The number of hydrogen-bond donors (Lipinski definition) is 0. The summed E-state index contributed by atoms with van der Waals surface area (Å²) in [5.74, 6) is 0. The molecule has 0 N–H and O–H groups in total. The summed E-state index contributed by atoms with van der Waals surface area (Å²) in [6.07, 6.45) is 3.05. The van der Waals surface area contributed by atoms with Gasteiger partial charge in [0.1, 0.15) is 0 Å². The zero-order valence-corrected chi connectivity index (χ0v) is 9.10. The van der Waals surface area contributed by atoms with Crippen molar-refractivity contribution in [3.8, 4) is 0 Å². The predicted molar refractivity (Wildman–Crippen MR) is 49.1 cm³/mol.